The number of piperidine rings is 1. The number of carbonyl (C=O) groups excluding carboxylic acids is 1. The van der Waals surface area contributed by atoms with Crippen molar-refractivity contribution in [1.82, 2.24) is 4.90 Å². The van der Waals surface area contributed by atoms with Crippen LogP contribution in [0.25, 0.3) is 0 Å². The Morgan fingerprint density at radius 1 is 1.42 bits per heavy atom. The molecular formula is C14H24N2O3. The highest BCUT2D eigenvalue weighted by Crippen LogP contribution is 2.43. The Balaban J connectivity index is 2.02. The molecule has 2 aliphatic rings. The fourth-order valence-electron chi connectivity index (χ4n) is 3.23. The number of amides is 1. The lowest BCUT2D eigenvalue weighted by Crippen LogP contribution is -2.52. The van der Waals surface area contributed by atoms with Crippen molar-refractivity contribution < 1.29 is 14.7 Å². The third kappa shape index (κ3) is 2.91. The van der Waals surface area contributed by atoms with Gasteiger partial charge in [0.15, 0.2) is 0 Å². The van der Waals surface area contributed by atoms with Gasteiger partial charge in [0.05, 0.1) is 0 Å². The summed E-state index contributed by atoms with van der Waals surface area (Å²) in [7, 11) is 0. The van der Waals surface area contributed by atoms with E-state index in [-0.39, 0.29) is 11.3 Å². The molecule has 0 radical (unpaired) electrons. The summed E-state index contributed by atoms with van der Waals surface area (Å²) in [6.07, 6.45) is 5.00. The van der Waals surface area contributed by atoms with Crippen molar-refractivity contribution in [2.24, 2.45) is 17.1 Å². The molecule has 2 rings (SSSR count). The van der Waals surface area contributed by atoms with Crippen molar-refractivity contribution in [3.8, 4) is 0 Å². The minimum atomic E-state index is -0.879. The van der Waals surface area contributed by atoms with E-state index in [2.05, 4.69) is 0 Å². The lowest BCUT2D eigenvalue weighted by atomic mass is 9.66. The SMILES string of the molecule is CC1CCN(C(=O)CC2(CN)CCC2)C(C(=O)O)C1. The number of nitrogens with zero attached hydrogens (tertiary/aromatic N) is 1. The molecule has 5 heteroatoms. The molecule has 1 aliphatic heterocycles. The Kier molecular flexibility index (Phi) is 4.13. The largest absolute Gasteiger partial charge is 0.480 e. The van der Waals surface area contributed by atoms with E-state index in [4.69, 9.17) is 5.73 Å². The first-order valence-electron chi connectivity index (χ1n) is 7.20. The quantitative estimate of drug-likeness (QED) is 0.803. The van der Waals surface area contributed by atoms with Crippen LogP contribution < -0.4 is 5.73 Å². The van der Waals surface area contributed by atoms with E-state index >= 15 is 0 Å². The zero-order chi connectivity index (χ0) is 14.0. The van der Waals surface area contributed by atoms with Crippen LogP contribution in [0.1, 0.15) is 45.4 Å². The van der Waals surface area contributed by atoms with Crippen molar-refractivity contribution in [2.75, 3.05) is 13.1 Å². The van der Waals surface area contributed by atoms with Gasteiger partial charge in [0.2, 0.25) is 5.91 Å². The van der Waals surface area contributed by atoms with Gasteiger partial charge in [-0.2, -0.15) is 0 Å². The second-order valence-electron chi connectivity index (χ2n) is 6.31. The Hall–Kier alpha value is -1.10. The monoisotopic (exact) mass is 268 g/mol. The predicted octanol–water partition coefficient (Wildman–Crippen LogP) is 1.22. The van der Waals surface area contributed by atoms with Crippen LogP contribution in [0.5, 0.6) is 0 Å². The third-order valence-electron chi connectivity index (χ3n) is 4.84. The van der Waals surface area contributed by atoms with Gasteiger partial charge < -0.3 is 15.7 Å². The number of hydrogen-bond acceptors (Lipinski definition) is 3. The molecule has 1 aliphatic carbocycles. The maximum atomic E-state index is 12.4. The number of likely N-dealkylation sites (tertiary alicyclic amines) is 1. The number of hydrogen-bond donors (Lipinski definition) is 2. The van der Waals surface area contributed by atoms with Crippen LogP contribution in [0.3, 0.4) is 0 Å². The van der Waals surface area contributed by atoms with Crippen molar-refractivity contribution in [2.45, 2.75) is 51.5 Å². The molecule has 0 bridgehead atoms. The smallest absolute Gasteiger partial charge is 0.326 e. The first-order chi connectivity index (χ1) is 8.97. The Morgan fingerprint density at radius 2 is 2.11 bits per heavy atom. The zero-order valence-electron chi connectivity index (χ0n) is 11.6. The molecule has 0 spiro atoms. The van der Waals surface area contributed by atoms with Gasteiger partial charge in [0.25, 0.3) is 0 Å². The first kappa shape index (κ1) is 14.3. The van der Waals surface area contributed by atoms with E-state index in [1.165, 1.54) is 0 Å². The normalized spacial score (nSPS) is 29.7. The van der Waals surface area contributed by atoms with Gasteiger partial charge >= 0.3 is 5.97 Å². The topological polar surface area (TPSA) is 83.6 Å². The summed E-state index contributed by atoms with van der Waals surface area (Å²) in [6, 6.07) is -0.647. The molecule has 0 aromatic carbocycles. The molecule has 1 amide bonds. The lowest BCUT2D eigenvalue weighted by Gasteiger charge is -2.43. The summed E-state index contributed by atoms with van der Waals surface area (Å²) >= 11 is 0. The number of carbonyl (C=O) groups is 2. The van der Waals surface area contributed by atoms with E-state index < -0.39 is 12.0 Å². The summed E-state index contributed by atoms with van der Waals surface area (Å²) in [5.74, 6) is -0.530. The number of nitrogens with two attached hydrogens (primary N) is 1. The molecule has 108 valence electrons. The van der Waals surface area contributed by atoms with Crippen LogP contribution in [0.15, 0.2) is 0 Å². The van der Waals surface area contributed by atoms with E-state index in [1.807, 2.05) is 6.92 Å². The summed E-state index contributed by atoms with van der Waals surface area (Å²) in [6.45, 7) is 3.14. The van der Waals surface area contributed by atoms with E-state index in [9.17, 15) is 14.7 Å². The number of aliphatic carboxylic acids is 1. The summed E-state index contributed by atoms with van der Waals surface area (Å²) < 4.78 is 0. The molecule has 1 saturated carbocycles. The minimum Gasteiger partial charge on any atom is -0.480 e. The highest BCUT2D eigenvalue weighted by molar-refractivity contribution is 5.84. The fourth-order valence-corrected chi connectivity index (χ4v) is 3.23. The molecule has 1 saturated heterocycles. The van der Waals surface area contributed by atoms with Gasteiger partial charge in [-0.25, -0.2) is 4.79 Å². The van der Waals surface area contributed by atoms with Crippen molar-refractivity contribution in [3.63, 3.8) is 0 Å². The summed E-state index contributed by atoms with van der Waals surface area (Å²) in [5, 5.41) is 9.28. The molecule has 2 unspecified atom stereocenters. The highest BCUT2D eigenvalue weighted by atomic mass is 16.4. The zero-order valence-corrected chi connectivity index (χ0v) is 11.6. The number of rotatable bonds is 4. The molecule has 0 aromatic rings. The van der Waals surface area contributed by atoms with Crippen LogP contribution in [-0.4, -0.2) is 41.0 Å². The van der Waals surface area contributed by atoms with Gasteiger partial charge in [0, 0.05) is 13.0 Å². The van der Waals surface area contributed by atoms with Crippen LogP contribution in [0, 0.1) is 11.3 Å². The number of carboxylic acids is 1. The molecule has 2 fully saturated rings. The van der Waals surface area contributed by atoms with Gasteiger partial charge in [-0.15, -0.1) is 0 Å². The van der Waals surface area contributed by atoms with Crippen molar-refractivity contribution in [1.29, 1.82) is 0 Å². The predicted molar refractivity (Wildman–Crippen MR) is 71.5 cm³/mol. The summed E-state index contributed by atoms with van der Waals surface area (Å²) in [4.78, 5) is 25.3. The van der Waals surface area contributed by atoms with Crippen LogP contribution in [-0.2, 0) is 9.59 Å². The first-order valence-corrected chi connectivity index (χ1v) is 7.20. The average molecular weight is 268 g/mol. The van der Waals surface area contributed by atoms with Crippen LogP contribution in [0.4, 0.5) is 0 Å². The molecule has 2 atom stereocenters. The van der Waals surface area contributed by atoms with Crippen LogP contribution >= 0.6 is 0 Å². The number of carboxylic acid groups (broad SMARTS) is 1. The third-order valence-corrected chi connectivity index (χ3v) is 4.84. The second-order valence-corrected chi connectivity index (χ2v) is 6.31. The lowest BCUT2D eigenvalue weighted by molar-refractivity contribution is -0.154. The molecule has 1 heterocycles. The van der Waals surface area contributed by atoms with Crippen molar-refractivity contribution >= 4 is 11.9 Å². The Bertz CT molecular complexity index is 360. The maximum Gasteiger partial charge on any atom is 0.326 e. The highest BCUT2D eigenvalue weighted by Gasteiger charge is 2.41. The van der Waals surface area contributed by atoms with Gasteiger partial charge in [0.1, 0.15) is 6.04 Å². The molecular weight excluding hydrogens is 244 g/mol. The van der Waals surface area contributed by atoms with Crippen molar-refractivity contribution in [3.05, 3.63) is 0 Å². The van der Waals surface area contributed by atoms with Crippen LogP contribution in [0.2, 0.25) is 0 Å². The molecule has 5 nitrogen and oxygen atoms in total. The molecule has 3 N–H and O–H groups in total. The maximum absolute atomic E-state index is 12.4. The van der Waals surface area contributed by atoms with E-state index in [1.54, 1.807) is 4.90 Å². The summed E-state index contributed by atoms with van der Waals surface area (Å²) in [5.41, 5.74) is 5.72. The standard InChI is InChI=1S/C14H24N2O3/c1-10-3-6-16(11(7-10)13(18)19)12(17)8-14(9-15)4-2-5-14/h10-11H,2-9,15H2,1H3,(H,18,19). The van der Waals surface area contributed by atoms with E-state index in [0.29, 0.717) is 31.8 Å². The van der Waals surface area contributed by atoms with Gasteiger partial charge in [-0.3, -0.25) is 4.79 Å². The minimum absolute atomic E-state index is 0.0237. The Labute approximate surface area is 114 Å². The fraction of sp³-hybridized carbons (Fsp3) is 0.857. The Morgan fingerprint density at radius 3 is 2.58 bits per heavy atom. The average Bonchev–Trinajstić information content (AvgIpc) is 2.33. The molecule has 19 heavy (non-hydrogen) atoms. The second kappa shape index (κ2) is 5.49. The van der Waals surface area contributed by atoms with E-state index in [0.717, 1.165) is 25.7 Å². The van der Waals surface area contributed by atoms with Gasteiger partial charge in [-0.1, -0.05) is 13.3 Å². The molecule has 0 aromatic heterocycles. The van der Waals surface area contributed by atoms with Gasteiger partial charge in [-0.05, 0) is 43.6 Å².